The molecule has 130 valence electrons. The van der Waals surface area contributed by atoms with Gasteiger partial charge in [-0.2, -0.15) is 0 Å². The van der Waals surface area contributed by atoms with Crippen LogP contribution in [-0.2, 0) is 23.9 Å². The van der Waals surface area contributed by atoms with Crippen molar-refractivity contribution in [1.82, 2.24) is 9.80 Å². The van der Waals surface area contributed by atoms with Crippen LogP contribution in [0.4, 0.5) is 0 Å². The zero-order valence-electron chi connectivity index (χ0n) is 13.9. The Morgan fingerprint density at radius 1 is 0.870 bits per heavy atom. The minimum atomic E-state index is -1.61. The molecule has 0 aromatic carbocycles. The van der Waals surface area contributed by atoms with E-state index in [2.05, 4.69) is 0 Å². The third kappa shape index (κ3) is 6.50. The van der Waals surface area contributed by atoms with Crippen LogP contribution in [0, 0.1) is 0 Å². The molecule has 0 atom stereocenters. The van der Waals surface area contributed by atoms with Crippen LogP contribution < -0.4 is 0 Å². The first-order valence-electron chi connectivity index (χ1n) is 7.51. The highest BCUT2D eigenvalue weighted by atomic mass is 16.6. The molecule has 8 nitrogen and oxygen atoms in total. The average Bonchev–Trinajstić information content (AvgIpc) is 2.52. The number of hydrogen-bond acceptors (Lipinski definition) is 5. The highest BCUT2D eigenvalue weighted by molar-refractivity contribution is 6.05. The van der Waals surface area contributed by atoms with Crippen LogP contribution in [0.1, 0.15) is 27.7 Å². The Bertz CT molecular complexity index is 443. The lowest BCUT2D eigenvalue weighted by molar-refractivity contribution is -0.166. The molecule has 0 bridgehead atoms. The first-order valence-corrected chi connectivity index (χ1v) is 7.51. The molecule has 0 fully saturated rings. The van der Waals surface area contributed by atoms with E-state index < -0.39 is 29.9 Å². The zero-order valence-corrected chi connectivity index (χ0v) is 13.9. The Morgan fingerprint density at radius 2 is 1.26 bits per heavy atom. The van der Waals surface area contributed by atoms with Gasteiger partial charge in [0.2, 0.25) is 0 Å². The number of hydrogen-bond donors (Lipinski definition) is 1. The van der Waals surface area contributed by atoms with Crippen molar-refractivity contribution in [3.63, 3.8) is 0 Å². The third-order valence-corrected chi connectivity index (χ3v) is 3.19. The van der Waals surface area contributed by atoms with Crippen molar-refractivity contribution < 1.29 is 29.0 Å². The van der Waals surface area contributed by atoms with Crippen molar-refractivity contribution in [3.8, 4) is 0 Å². The molecule has 0 heterocycles. The Morgan fingerprint density at radius 3 is 1.57 bits per heavy atom. The number of aliphatic carboxylic acids is 1. The van der Waals surface area contributed by atoms with E-state index in [1.54, 1.807) is 27.7 Å². The van der Waals surface area contributed by atoms with Gasteiger partial charge in [-0.1, -0.05) is 0 Å². The van der Waals surface area contributed by atoms with Crippen LogP contribution in [-0.4, -0.2) is 70.9 Å². The van der Waals surface area contributed by atoms with E-state index in [0.29, 0.717) is 38.3 Å². The van der Waals surface area contributed by atoms with Crippen LogP contribution >= 0.6 is 0 Å². The summed E-state index contributed by atoms with van der Waals surface area (Å²) in [6.45, 7) is 8.41. The predicted molar refractivity (Wildman–Crippen MR) is 82.5 cm³/mol. The molecular weight excluding hydrogens is 304 g/mol. The monoisotopic (exact) mass is 328 g/mol. The molecule has 0 aliphatic heterocycles. The molecule has 0 aliphatic rings. The number of ether oxygens (including phenoxy) is 1. The van der Waals surface area contributed by atoms with Crippen LogP contribution in [0.25, 0.3) is 0 Å². The van der Waals surface area contributed by atoms with Crippen molar-refractivity contribution >= 4 is 23.8 Å². The lowest BCUT2D eigenvalue weighted by Crippen LogP contribution is -2.50. The maximum absolute atomic E-state index is 12.4. The quantitative estimate of drug-likeness (QED) is 0.370. The summed E-state index contributed by atoms with van der Waals surface area (Å²) in [4.78, 5) is 49.7. The Kier molecular flexibility index (Phi) is 9.29. The summed E-state index contributed by atoms with van der Waals surface area (Å²) in [5.74, 6) is -3.63. The molecule has 23 heavy (non-hydrogen) atoms. The fourth-order valence-electron chi connectivity index (χ4n) is 1.90. The molecule has 0 unspecified atom stereocenters. The molecule has 0 saturated heterocycles. The predicted octanol–water partition coefficient (Wildman–Crippen LogP) is 0.276. The van der Waals surface area contributed by atoms with Crippen molar-refractivity contribution in [2.75, 3.05) is 26.2 Å². The molecule has 0 aromatic heterocycles. The highest BCUT2D eigenvalue weighted by Crippen LogP contribution is 2.07. The van der Waals surface area contributed by atoms with E-state index in [1.165, 1.54) is 9.80 Å². The lowest BCUT2D eigenvalue weighted by atomic mass is 10.2. The number of carboxylic acid groups (broad SMARTS) is 1. The van der Waals surface area contributed by atoms with Gasteiger partial charge in [0.05, 0.1) is 0 Å². The molecular formula is C15H24N2O6. The summed E-state index contributed by atoms with van der Waals surface area (Å²) >= 11 is 0. The summed E-state index contributed by atoms with van der Waals surface area (Å²) in [6.07, 6.45) is -0.357. The largest absolute Gasteiger partial charge is 0.478 e. The van der Waals surface area contributed by atoms with Crippen molar-refractivity contribution in [3.05, 3.63) is 12.2 Å². The first-order chi connectivity index (χ1) is 10.8. The lowest BCUT2D eigenvalue weighted by Gasteiger charge is -2.28. The number of amides is 2. The van der Waals surface area contributed by atoms with Crippen molar-refractivity contribution in [1.29, 1.82) is 0 Å². The van der Waals surface area contributed by atoms with Gasteiger partial charge in [-0.05, 0) is 27.7 Å². The van der Waals surface area contributed by atoms with Gasteiger partial charge in [0.25, 0.3) is 17.9 Å². The number of carbonyl (C=O) groups is 4. The topological polar surface area (TPSA) is 104 Å². The van der Waals surface area contributed by atoms with E-state index in [0.717, 1.165) is 0 Å². The number of rotatable bonds is 9. The minimum Gasteiger partial charge on any atom is -0.478 e. The van der Waals surface area contributed by atoms with Crippen LogP contribution in [0.3, 0.4) is 0 Å². The molecule has 0 aliphatic carbocycles. The van der Waals surface area contributed by atoms with E-state index in [-0.39, 0.29) is 0 Å². The van der Waals surface area contributed by atoms with E-state index >= 15 is 0 Å². The van der Waals surface area contributed by atoms with Gasteiger partial charge in [0, 0.05) is 38.3 Å². The second kappa shape index (κ2) is 10.4. The van der Waals surface area contributed by atoms with E-state index in [4.69, 9.17) is 9.84 Å². The van der Waals surface area contributed by atoms with Crippen molar-refractivity contribution in [2.24, 2.45) is 0 Å². The van der Waals surface area contributed by atoms with Gasteiger partial charge in [-0.25, -0.2) is 9.59 Å². The third-order valence-electron chi connectivity index (χ3n) is 3.19. The summed E-state index contributed by atoms with van der Waals surface area (Å²) in [6, 6.07) is 0. The maximum Gasteiger partial charge on any atom is 0.332 e. The van der Waals surface area contributed by atoms with Gasteiger partial charge in [0.15, 0.2) is 0 Å². The Labute approximate surface area is 135 Å². The summed E-state index contributed by atoms with van der Waals surface area (Å²) in [5, 5.41) is 8.50. The number of carboxylic acids is 1. The van der Waals surface area contributed by atoms with Gasteiger partial charge < -0.3 is 19.6 Å². The molecule has 1 N–H and O–H groups in total. The standard InChI is InChI=1S/C15H24N2O6/c1-5-16(6-2)14(21)13(15(22)17(7-3)8-4)23-12(20)10-9-11(18)19/h9-10,13H,5-8H2,1-4H3,(H,18,19)/b10-9-. The molecule has 0 radical (unpaired) electrons. The van der Waals surface area contributed by atoms with Gasteiger partial charge in [-0.15, -0.1) is 0 Å². The minimum absolute atomic E-state index is 0.361. The normalized spacial score (nSPS) is 10.7. The van der Waals surface area contributed by atoms with Crippen molar-refractivity contribution in [2.45, 2.75) is 33.8 Å². The zero-order chi connectivity index (χ0) is 18.0. The number of likely N-dealkylation sites (N-methyl/N-ethyl adjacent to an activating group) is 2. The first kappa shape index (κ1) is 20.6. The summed E-state index contributed by atoms with van der Waals surface area (Å²) < 4.78 is 4.92. The second-order valence-electron chi connectivity index (χ2n) is 4.51. The van der Waals surface area contributed by atoms with Crippen LogP contribution in [0.2, 0.25) is 0 Å². The van der Waals surface area contributed by atoms with Gasteiger partial charge in [-0.3, -0.25) is 9.59 Å². The van der Waals surface area contributed by atoms with Crippen LogP contribution in [0.5, 0.6) is 0 Å². The highest BCUT2D eigenvalue weighted by Gasteiger charge is 2.35. The molecule has 0 spiro atoms. The SMILES string of the molecule is CCN(CC)C(=O)C(OC(=O)/C=C\C(=O)O)C(=O)N(CC)CC. The molecule has 2 amide bonds. The molecule has 8 heteroatoms. The maximum atomic E-state index is 12.4. The summed E-state index contributed by atoms with van der Waals surface area (Å²) in [5.41, 5.74) is 0. The average molecular weight is 328 g/mol. The smallest absolute Gasteiger partial charge is 0.332 e. The molecule has 0 saturated carbocycles. The fraction of sp³-hybridized carbons (Fsp3) is 0.600. The fourth-order valence-corrected chi connectivity index (χ4v) is 1.90. The van der Waals surface area contributed by atoms with E-state index in [1.807, 2.05) is 0 Å². The Hall–Kier alpha value is -2.38. The Balaban J connectivity index is 5.37. The second-order valence-corrected chi connectivity index (χ2v) is 4.51. The summed E-state index contributed by atoms with van der Waals surface area (Å²) in [7, 11) is 0. The van der Waals surface area contributed by atoms with E-state index in [9.17, 15) is 19.2 Å². The van der Waals surface area contributed by atoms with Crippen LogP contribution in [0.15, 0.2) is 12.2 Å². The molecule has 0 rings (SSSR count). The van der Waals surface area contributed by atoms with Gasteiger partial charge in [0.1, 0.15) is 0 Å². The number of carbonyl (C=O) groups excluding carboxylic acids is 3. The molecule has 0 aromatic rings. The number of nitrogens with zero attached hydrogens (tertiary/aromatic N) is 2. The van der Waals surface area contributed by atoms with Gasteiger partial charge >= 0.3 is 11.9 Å². The number of esters is 1.